The standard InChI is InChI=1S/C12H17Cl2N3O3S/c1-15-8-9-10(13)2-3-11(12(9)14)21(18,19)16-17-4-6-20-7-5-17/h2-3,15-16H,4-8H2,1H3. The van der Waals surface area contributed by atoms with Gasteiger partial charge in [-0.1, -0.05) is 23.2 Å². The summed E-state index contributed by atoms with van der Waals surface area (Å²) in [4.78, 5) is 2.54. The molecule has 0 radical (unpaired) electrons. The van der Waals surface area contributed by atoms with Crippen molar-refractivity contribution in [3.63, 3.8) is 0 Å². The minimum absolute atomic E-state index is 0.0188. The van der Waals surface area contributed by atoms with E-state index < -0.39 is 10.0 Å². The van der Waals surface area contributed by atoms with Gasteiger partial charge in [0.1, 0.15) is 4.90 Å². The van der Waals surface area contributed by atoms with Crippen molar-refractivity contribution in [3.05, 3.63) is 27.7 Å². The predicted octanol–water partition coefficient (Wildman–Crippen LogP) is 1.24. The maximum Gasteiger partial charge on any atom is 0.254 e. The quantitative estimate of drug-likeness (QED) is 0.833. The van der Waals surface area contributed by atoms with Crippen LogP contribution in [0.1, 0.15) is 5.56 Å². The summed E-state index contributed by atoms with van der Waals surface area (Å²) in [6, 6.07) is 2.95. The molecule has 0 saturated carbocycles. The van der Waals surface area contributed by atoms with Crippen molar-refractivity contribution in [2.75, 3.05) is 33.4 Å². The van der Waals surface area contributed by atoms with Gasteiger partial charge in [0.2, 0.25) is 0 Å². The number of nitrogens with zero attached hydrogens (tertiary/aromatic N) is 1. The first-order valence-electron chi connectivity index (χ1n) is 6.42. The van der Waals surface area contributed by atoms with Crippen molar-refractivity contribution in [2.24, 2.45) is 0 Å². The molecule has 1 aromatic rings. The lowest BCUT2D eigenvalue weighted by molar-refractivity contribution is 0.0272. The molecule has 0 atom stereocenters. The zero-order valence-electron chi connectivity index (χ0n) is 11.5. The minimum Gasteiger partial charge on any atom is -0.379 e. The third-order valence-corrected chi connectivity index (χ3v) is 5.37. The number of ether oxygens (including phenoxy) is 1. The molecule has 6 nitrogen and oxygen atoms in total. The van der Waals surface area contributed by atoms with Crippen molar-refractivity contribution in [3.8, 4) is 0 Å². The Morgan fingerprint density at radius 1 is 1.29 bits per heavy atom. The van der Waals surface area contributed by atoms with Crippen molar-refractivity contribution in [1.29, 1.82) is 0 Å². The topological polar surface area (TPSA) is 70.7 Å². The summed E-state index contributed by atoms with van der Waals surface area (Å²) in [5.41, 5.74) is 0.561. The van der Waals surface area contributed by atoms with E-state index in [0.717, 1.165) is 0 Å². The molecule has 1 heterocycles. The largest absolute Gasteiger partial charge is 0.379 e. The average molecular weight is 354 g/mol. The molecule has 0 unspecified atom stereocenters. The zero-order chi connectivity index (χ0) is 15.5. The van der Waals surface area contributed by atoms with E-state index >= 15 is 0 Å². The molecular weight excluding hydrogens is 337 g/mol. The number of sulfonamides is 1. The summed E-state index contributed by atoms with van der Waals surface area (Å²) < 4.78 is 30.1. The van der Waals surface area contributed by atoms with Crippen molar-refractivity contribution in [1.82, 2.24) is 15.2 Å². The van der Waals surface area contributed by atoms with Gasteiger partial charge >= 0.3 is 0 Å². The van der Waals surface area contributed by atoms with Gasteiger partial charge in [0, 0.05) is 30.2 Å². The van der Waals surface area contributed by atoms with E-state index in [1.165, 1.54) is 12.1 Å². The smallest absolute Gasteiger partial charge is 0.254 e. The van der Waals surface area contributed by atoms with Gasteiger partial charge in [-0.15, -0.1) is 4.83 Å². The molecule has 0 spiro atoms. The van der Waals surface area contributed by atoms with Crippen molar-refractivity contribution < 1.29 is 13.2 Å². The van der Waals surface area contributed by atoms with Gasteiger partial charge in [-0.2, -0.15) is 0 Å². The van der Waals surface area contributed by atoms with E-state index in [1.54, 1.807) is 12.1 Å². The van der Waals surface area contributed by atoms with E-state index in [1.807, 2.05) is 0 Å². The third-order valence-electron chi connectivity index (χ3n) is 3.05. The van der Waals surface area contributed by atoms with E-state index in [4.69, 9.17) is 27.9 Å². The van der Waals surface area contributed by atoms with E-state index in [9.17, 15) is 8.42 Å². The third kappa shape index (κ3) is 4.07. The van der Waals surface area contributed by atoms with Crippen molar-refractivity contribution in [2.45, 2.75) is 11.4 Å². The number of nitrogens with one attached hydrogen (secondary N) is 2. The van der Waals surface area contributed by atoms with Crippen LogP contribution in [-0.4, -0.2) is 46.8 Å². The van der Waals surface area contributed by atoms with Crippen LogP contribution in [0.25, 0.3) is 0 Å². The number of hydrazine groups is 1. The van der Waals surface area contributed by atoms with Gasteiger partial charge in [0.25, 0.3) is 10.0 Å². The number of hydrogen-bond donors (Lipinski definition) is 2. The van der Waals surface area contributed by atoms with Crippen LogP contribution < -0.4 is 10.1 Å². The molecule has 9 heteroatoms. The van der Waals surface area contributed by atoms with Crippen LogP contribution in [0.3, 0.4) is 0 Å². The first-order valence-corrected chi connectivity index (χ1v) is 8.66. The SMILES string of the molecule is CNCc1c(Cl)ccc(S(=O)(=O)NN2CCOCC2)c1Cl. The van der Waals surface area contributed by atoms with E-state index in [0.29, 0.717) is 43.4 Å². The highest BCUT2D eigenvalue weighted by Gasteiger charge is 2.24. The van der Waals surface area contributed by atoms with Crippen LogP contribution in [0.2, 0.25) is 10.0 Å². The molecule has 0 bridgehead atoms. The molecule has 1 fully saturated rings. The minimum atomic E-state index is -3.75. The van der Waals surface area contributed by atoms with E-state index in [2.05, 4.69) is 10.1 Å². The first-order chi connectivity index (χ1) is 9.95. The summed E-state index contributed by atoms with van der Waals surface area (Å²) in [5.74, 6) is 0. The fourth-order valence-electron chi connectivity index (χ4n) is 2.00. The van der Waals surface area contributed by atoms with Crippen molar-refractivity contribution >= 4 is 33.2 Å². The van der Waals surface area contributed by atoms with Crippen LogP contribution in [0.5, 0.6) is 0 Å². The molecule has 0 amide bonds. The number of benzene rings is 1. The highest BCUT2D eigenvalue weighted by molar-refractivity contribution is 7.89. The van der Waals surface area contributed by atoms with Gasteiger partial charge in [-0.3, -0.25) is 0 Å². The number of halogens is 2. The normalized spacial score (nSPS) is 17.1. The highest BCUT2D eigenvalue weighted by atomic mass is 35.5. The first kappa shape index (κ1) is 17.0. The van der Waals surface area contributed by atoms with Crippen LogP contribution in [-0.2, 0) is 21.3 Å². The second-order valence-electron chi connectivity index (χ2n) is 4.56. The maximum absolute atomic E-state index is 12.4. The highest BCUT2D eigenvalue weighted by Crippen LogP contribution is 2.31. The van der Waals surface area contributed by atoms with Gasteiger partial charge in [-0.25, -0.2) is 13.4 Å². The zero-order valence-corrected chi connectivity index (χ0v) is 13.9. The molecule has 2 N–H and O–H groups in total. The monoisotopic (exact) mass is 353 g/mol. The molecule has 118 valence electrons. The van der Waals surface area contributed by atoms with Gasteiger partial charge in [0.05, 0.1) is 18.2 Å². The van der Waals surface area contributed by atoms with Gasteiger partial charge < -0.3 is 10.1 Å². The Morgan fingerprint density at radius 3 is 2.57 bits per heavy atom. The summed E-state index contributed by atoms with van der Waals surface area (Å²) in [5, 5.41) is 5.08. The lowest BCUT2D eigenvalue weighted by Gasteiger charge is -2.27. The Balaban J connectivity index is 2.29. The Hall–Kier alpha value is -0.410. The number of rotatable bonds is 5. The number of morpholine rings is 1. The van der Waals surface area contributed by atoms with E-state index in [-0.39, 0.29) is 9.92 Å². The molecule has 1 aliphatic rings. The molecular formula is C12H17Cl2N3O3S. The second-order valence-corrected chi connectivity index (χ2v) is 6.98. The Labute approximate surface area is 134 Å². The maximum atomic E-state index is 12.4. The Kier molecular flexibility index (Phi) is 5.84. The van der Waals surface area contributed by atoms with Crippen LogP contribution in [0.15, 0.2) is 17.0 Å². The molecule has 0 aliphatic carbocycles. The number of hydrogen-bond acceptors (Lipinski definition) is 5. The Bertz CT molecular complexity index is 604. The molecule has 21 heavy (non-hydrogen) atoms. The molecule has 1 aromatic carbocycles. The fourth-order valence-corrected chi connectivity index (χ4v) is 4.03. The molecule has 1 aliphatic heterocycles. The summed E-state index contributed by atoms with van der Waals surface area (Å²) in [7, 11) is -2.01. The second kappa shape index (κ2) is 7.23. The van der Waals surface area contributed by atoms with Gasteiger partial charge in [-0.05, 0) is 19.2 Å². The molecule has 2 rings (SSSR count). The predicted molar refractivity (Wildman–Crippen MR) is 81.9 cm³/mol. The molecule has 0 aromatic heterocycles. The van der Waals surface area contributed by atoms with Crippen LogP contribution >= 0.6 is 23.2 Å². The van der Waals surface area contributed by atoms with Gasteiger partial charge in [0.15, 0.2) is 0 Å². The van der Waals surface area contributed by atoms with Crippen LogP contribution in [0, 0.1) is 0 Å². The summed E-state index contributed by atoms with van der Waals surface area (Å²) >= 11 is 12.3. The lowest BCUT2D eigenvalue weighted by atomic mass is 10.2. The molecule has 1 saturated heterocycles. The summed E-state index contributed by atoms with van der Waals surface area (Å²) in [6.07, 6.45) is 0. The lowest BCUT2D eigenvalue weighted by Crippen LogP contribution is -2.48. The summed E-state index contributed by atoms with van der Waals surface area (Å²) in [6.45, 7) is 2.35. The Morgan fingerprint density at radius 2 is 1.95 bits per heavy atom. The van der Waals surface area contributed by atoms with Crippen LogP contribution in [0.4, 0.5) is 0 Å². The average Bonchev–Trinajstić information content (AvgIpc) is 2.43. The fraction of sp³-hybridized carbons (Fsp3) is 0.500.